The number of aromatic hydroxyl groups is 1. The SMILES string of the molecule is CC.COc1ccc(CN(c2nccs2)S(=O)(=O)c2ccc3c(-c4ccc(F)cc4O)nccc3c2)cc1. The Hall–Kier alpha value is -4.02. The summed E-state index contributed by atoms with van der Waals surface area (Å²) in [4.78, 5) is 8.67. The number of anilines is 1. The Labute approximate surface area is 224 Å². The Morgan fingerprint density at radius 3 is 2.39 bits per heavy atom. The highest BCUT2D eigenvalue weighted by Gasteiger charge is 2.28. The second-order valence-electron chi connectivity index (χ2n) is 7.88. The van der Waals surface area contributed by atoms with Crippen molar-refractivity contribution in [1.29, 1.82) is 0 Å². The van der Waals surface area contributed by atoms with Crippen molar-refractivity contribution in [2.75, 3.05) is 11.4 Å². The van der Waals surface area contributed by atoms with Gasteiger partial charge in [-0.2, -0.15) is 0 Å². The van der Waals surface area contributed by atoms with E-state index in [4.69, 9.17) is 4.74 Å². The van der Waals surface area contributed by atoms with Crippen molar-refractivity contribution in [3.8, 4) is 22.8 Å². The van der Waals surface area contributed by atoms with Gasteiger partial charge in [-0.25, -0.2) is 22.1 Å². The average Bonchev–Trinajstić information content (AvgIpc) is 3.47. The predicted octanol–water partition coefficient (Wildman–Crippen LogP) is 6.63. The van der Waals surface area contributed by atoms with E-state index in [1.807, 2.05) is 26.0 Å². The van der Waals surface area contributed by atoms with Gasteiger partial charge >= 0.3 is 0 Å². The zero-order valence-corrected chi connectivity index (χ0v) is 22.6. The lowest BCUT2D eigenvalue weighted by molar-refractivity contribution is 0.414. The highest BCUT2D eigenvalue weighted by Crippen LogP contribution is 2.35. The number of methoxy groups -OCH3 is 1. The number of sulfonamides is 1. The maximum atomic E-state index is 13.8. The van der Waals surface area contributed by atoms with Crippen LogP contribution in [0.3, 0.4) is 0 Å². The van der Waals surface area contributed by atoms with Crippen LogP contribution in [0.4, 0.5) is 9.52 Å². The molecule has 0 saturated carbocycles. The fourth-order valence-corrected chi connectivity index (χ4v) is 6.17. The maximum Gasteiger partial charge on any atom is 0.266 e. The quantitative estimate of drug-likeness (QED) is 0.244. The Morgan fingerprint density at radius 1 is 0.974 bits per heavy atom. The lowest BCUT2D eigenvalue weighted by atomic mass is 10.0. The van der Waals surface area contributed by atoms with Crippen LogP contribution in [-0.4, -0.2) is 30.6 Å². The highest BCUT2D eigenvalue weighted by molar-refractivity contribution is 7.93. The third-order valence-corrected chi connectivity index (χ3v) is 8.30. The van der Waals surface area contributed by atoms with Crippen molar-refractivity contribution in [2.24, 2.45) is 0 Å². The summed E-state index contributed by atoms with van der Waals surface area (Å²) in [7, 11) is -2.42. The fourth-order valence-electron chi connectivity index (χ4n) is 3.85. The fraction of sp³-hybridized carbons (Fsp3) is 0.143. The molecule has 38 heavy (non-hydrogen) atoms. The Morgan fingerprint density at radius 2 is 1.74 bits per heavy atom. The molecule has 196 valence electrons. The number of rotatable bonds is 7. The first-order valence-electron chi connectivity index (χ1n) is 11.8. The van der Waals surface area contributed by atoms with Crippen molar-refractivity contribution < 1.29 is 22.7 Å². The maximum absolute atomic E-state index is 13.8. The number of fused-ring (bicyclic) bond motifs is 1. The second-order valence-corrected chi connectivity index (χ2v) is 10.6. The summed E-state index contributed by atoms with van der Waals surface area (Å²) in [5.41, 5.74) is 1.54. The van der Waals surface area contributed by atoms with Gasteiger partial charge in [0.1, 0.15) is 17.3 Å². The predicted molar refractivity (Wildman–Crippen MR) is 149 cm³/mol. The van der Waals surface area contributed by atoms with E-state index >= 15 is 0 Å². The Balaban J connectivity index is 0.00000164. The van der Waals surface area contributed by atoms with E-state index in [9.17, 15) is 17.9 Å². The number of halogens is 1. The molecular formula is C28H26FN3O4S2. The Bertz CT molecular complexity index is 1640. The van der Waals surface area contributed by atoms with Crippen molar-refractivity contribution in [1.82, 2.24) is 9.97 Å². The molecule has 0 saturated heterocycles. The third kappa shape index (κ3) is 5.46. The zero-order chi connectivity index (χ0) is 27.3. The van der Waals surface area contributed by atoms with Gasteiger partial charge in [-0.15, -0.1) is 11.3 Å². The standard InChI is InChI=1S/C26H20FN3O4S2.C2H6/c1-34-20-5-2-17(3-6-20)16-30(26-29-12-13-35-26)36(32,33)21-7-9-22-18(14-21)10-11-28-25(22)23-8-4-19(27)15-24(23)31;1-2/h2-15,31H,16H2,1H3;1-2H3. The molecule has 0 atom stereocenters. The van der Waals surface area contributed by atoms with E-state index < -0.39 is 15.8 Å². The van der Waals surface area contributed by atoms with E-state index in [2.05, 4.69) is 9.97 Å². The summed E-state index contributed by atoms with van der Waals surface area (Å²) in [5.74, 6) is -0.140. The van der Waals surface area contributed by atoms with E-state index in [-0.39, 0.29) is 17.2 Å². The third-order valence-electron chi connectivity index (χ3n) is 5.66. The van der Waals surface area contributed by atoms with E-state index in [1.54, 1.807) is 49.0 Å². The normalized spacial score (nSPS) is 11.1. The minimum atomic E-state index is -3.99. The van der Waals surface area contributed by atoms with Gasteiger partial charge in [-0.1, -0.05) is 32.0 Å². The molecule has 0 aliphatic carbocycles. The molecule has 1 N–H and O–H groups in total. The first-order chi connectivity index (χ1) is 18.4. The number of hydrogen-bond acceptors (Lipinski definition) is 7. The minimum Gasteiger partial charge on any atom is -0.507 e. The first-order valence-corrected chi connectivity index (χ1v) is 14.1. The van der Waals surface area contributed by atoms with Gasteiger partial charge < -0.3 is 9.84 Å². The summed E-state index contributed by atoms with van der Waals surface area (Å²) in [6.45, 7) is 4.09. The van der Waals surface area contributed by atoms with Crippen LogP contribution in [-0.2, 0) is 16.6 Å². The van der Waals surface area contributed by atoms with Gasteiger partial charge in [0.25, 0.3) is 10.0 Å². The van der Waals surface area contributed by atoms with E-state index in [0.29, 0.717) is 32.9 Å². The van der Waals surface area contributed by atoms with Gasteiger partial charge in [0.2, 0.25) is 0 Å². The molecule has 5 aromatic rings. The lowest BCUT2D eigenvalue weighted by Gasteiger charge is -2.22. The van der Waals surface area contributed by atoms with Crippen molar-refractivity contribution in [2.45, 2.75) is 25.3 Å². The van der Waals surface area contributed by atoms with E-state index in [0.717, 1.165) is 11.6 Å². The summed E-state index contributed by atoms with van der Waals surface area (Å²) in [5, 5.41) is 13.5. The molecule has 0 spiro atoms. The van der Waals surface area contributed by atoms with Crippen LogP contribution in [0, 0.1) is 5.82 Å². The molecule has 2 aromatic heterocycles. The summed E-state index contributed by atoms with van der Waals surface area (Å²) in [6, 6.07) is 17.2. The largest absolute Gasteiger partial charge is 0.507 e. The lowest BCUT2D eigenvalue weighted by Crippen LogP contribution is -2.30. The average molecular weight is 552 g/mol. The van der Waals surface area contributed by atoms with Gasteiger partial charge in [-0.3, -0.25) is 4.98 Å². The first kappa shape index (κ1) is 27.0. The molecule has 0 amide bonds. The van der Waals surface area contributed by atoms with Gasteiger partial charge in [0, 0.05) is 34.8 Å². The van der Waals surface area contributed by atoms with Crippen LogP contribution in [0.25, 0.3) is 22.0 Å². The molecule has 0 bridgehead atoms. The molecule has 0 aliphatic heterocycles. The van der Waals surface area contributed by atoms with Crippen molar-refractivity contribution in [3.63, 3.8) is 0 Å². The number of aromatic nitrogens is 2. The molecule has 3 aromatic carbocycles. The van der Waals surface area contributed by atoms with Gasteiger partial charge in [-0.05, 0) is 53.4 Å². The monoisotopic (exact) mass is 551 g/mol. The van der Waals surface area contributed by atoms with Crippen LogP contribution in [0.15, 0.2) is 89.4 Å². The molecule has 10 heteroatoms. The number of phenolic OH excluding ortho intramolecular Hbond substituents is 1. The zero-order valence-electron chi connectivity index (χ0n) is 21.0. The molecule has 0 aliphatic rings. The molecule has 5 rings (SSSR count). The summed E-state index contributed by atoms with van der Waals surface area (Å²) >= 11 is 1.23. The van der Waals surface area contributed by atoms with Gasteiger partial charge in [0.15, 0.2) is 5.13 Å². The van der Waals surface area contributed by atoms with Crippen molar-refractivity contribution >= 4 is 37.3 Å². The minimum absolute atomic E-state index is 0.0826. The van der Waals surface area contributed by atoms with Crippen LogP contribution >= 0.6 is 11.3 Å². The molecular weight excluding hydrogens is 525 g/mol. The summed E-state index contributed by atoms with van der Waals surface area (Å²) < 4.78 is 47.6. The summed E-state index contributed by atoms with van der Waals surface area (Å²) in [6.07, 6.45) is 3.08. The van der Waals surface area contributed by atoms with E-state index in [1.165, 1.54) is 40.0 Å². The number of phenols is 1. The molecule has 0 radical (unpaired) electrons. The number of nitrogens with zero attached hydrogens (tertiary/aromatic N) is 3. The number of thiazole rings is 1. The number of ether oxygens (including phenoxy) is 1. The highest BCUT2D eigenvalue weighted by atomic mass is 32.2. The van der Waals surface area contributed by atoms with Crippen molar-refractivity contribution in [3.05, 3.63) is 95.9 Å². The second kappa shape index (κ2) is 11.6. The number of hydrogen-bond donors (Lipinski definition) is 1. The Kier molecular flexibility index (Phi) is 8.23. The molecule has 2 heterocycles. The molecule has 0 unspecified atom stereocenters. The van der Waals surface area contributed by atoms with Crippen LogP contribution < -0.4 is 9.04 Å². The van der Waals surface area contributed by atoms with Gasteiger partial charge in [0.05, 0.1) is 24.2 Å². The van der Waals surface area contributed by atoms with Crippen LogP contribution in [0.1, 0.15) is 19.4 Å². The van der Waals surface area contributed by atoms with Crippen LogP contribution in [0.5, 0.6) is 11.5 Å². The number of pyridine rings is 1. The van der Waals surface area contributed by atoms with Crippen LogP contribution in [0.2, 0.25) is 0 Å². The molecule has 0 fully saturated rings. The number of benzene rings is 3. The smallest absolute Gasteiger partial charge is 0.266 e. The molecule has 7 nitrogen and oxygen atoms in total. The topological polar surface area (TPSA) is 92.6 Å².